The van der Waals surface area contributed by atoms with Crippen molar-refractivity contribution in [2.75, 3.05) is 13.2 Å². The Balaban J connectivity index is 1.76. The lowest BCUT2D eigenvalue weighted by Crippen LogP contribution is -2.60. The fourth-order valence-corrected chi connectivity index (χ4v) is 4.37. The van der Waals surface area contributed by atoms with Crippen LogP contribution < -0.4 is 0 Å². The quantitative estimate of drug-likeness (QED) is 0.576. The molecular formula is C11H14O3. The lowest BCUT2D eigenvalue weighted by atomic mass is 9.62. The summed E-state index contributed by atoms with van der Waals surface area (Å²) in [7, 11) is 0. The van der Waals surface area contributed by atoms with Gasteiger partial charge in [-0.25, -0.2) is 0 Å². The van der Waals surface area contributed by atoms with Crippen LogP contribution in [0.2, 0.25) is 0 Å². The van der Waals surface area contributed by atoms with Gasteiger partial charge in [0.15, 0.2) is 5.79 Å². The van der Waals surface area contributed by atoms with Gasteiger partial charge >= 0.3 is 0 Å². The summed E-state index contributed by atoms with van der Waals surface area (Å²) in [6.07, 6.45) is 2.93. The SMILES string of the molecule is O=C1C[C@@H]2[C@@H]3[C@H]1CC[C@@H]3C21OCCO1. The first-order chi connectivity index (χ1) is 6.83. The van der Waals surface area contributed by atoms with Crippen LogP contribution in [0, 0.1) is 23.7 Å². The number of hydrogen-bond donors (Lipinski definition) is 0. The van der Waals surface area contributed by atoms with Crippen LogP contribution in [0.15, 0.2) is 0 Å². The third-order valence-corrected chi connectivity index (χ3v) is 4.79. The second-order valence-corrected chi connectivity index (χ2v) is 5.06. The maximum Gasteiger partial charge on any atom is 0.175 e. The monoisotopic (exact) mass is 194 g/mol. The molecule has 3 nitrogen and oxygen atoms in total. The molecule has 0 bridgehead atoms. The minimum absolute atomic E-state index is 0.314. The van der Waals surface area contributed by atoms with E-state index < -0.39 is 0 Å². The Morgan fingerprint density at radius 2 is 1.93 bits per heavy atom. The molecule has 1 saturated heterocycles. The van der Waals surface area contributed by atoms with E-state index in [1.54, 1.807) is 0 Å². The van der Waals surface area contributed by atoms with Crippen LogP contribution in [0.1, 0.15) is 19.3 Å². The molecule has 14 heavy (non-hydrogen) atoms. The van der Waals surface area contributed by atoms with E-state index in [2.05, 4.69) is 0 Å². The zero-order valence-electron chi connectivity index (χ0n) is 8.07. The van der Waals surface area contributed by atoms with Gasteiger partial charge < -0.3 is 9.47 Å². The van der Waals surface area contributed by atoms with Crippen LogP contribution in [0.3, 0.4) is 0 Å². The fourth-order valence-electron chi connectivity index (χ4n) is 4.37. The van der Waals surface area contributed by atoms with Gasteiger partial charge in [-0.15, -0.1) is 0 Å². The highest BCUT2D eigenvalue weighted by atomic mass is 16.7. The van der Waals surface area contributed by atoms with E-state index in [4.69, 9.17) is 9.47 Å². The summed E-state index contributed by atoms with van der Waals surface area (Å²) in [6.45, 7) is 1.44. The van der Waals surface area contributed by atoms with Crippen LogP contribution in [0.4, 0.5) is 0 Å². The second kappa shape index (κ2) is 2.22. The number of carbonyl (C=O) groups is 1. The summed E-state index contributed by atoms with van der Waals surface area (Å²) in [5, 5.41) is 0. The number of ether oxygens (including phenoxy) is 2. The van der Waals surface area contributed by atoms with Crippen molar-refractivity contribution in [1.29, 1.82) is 0 Å². The maximum absolute atomic E-state index is 11.7. The first-order valence-electron chi connectivity index (χ1n) is 5.63. The molecule has 3 heteroatoms. The van der Waals surface area contributed by atoms with Crippen molar-refractivity contribution in [2.45, 2.75) is 25.0 Å². The summed E-state index contributed by atoms with van der Waals surface area (Å²) in [4.78, 5) is 11.7. The number of fused-ring (bicyclic) bond motifs is 2. The number of carbonyl (C=O) groups excluding carboxylic acids is 1. The lowest BCUT2D eigenvalue weighted by Gasteiger charge is -2.53. The molecule has 3 saturated carbocycles. The molecule has 4 fully saturated rings. The molecule has 3 aliphatic carbocycles. The highest BCUT2D eigenvalue weighted by Crippen LogP contribution is 2.68. The molecule has 0 amide bonds. The zero-order valence-corrected chi connectivity index (χ0v) is 8.07. The Labute approximate surface area is 82.8 Å². The summed E-state index contributed by atoms with van der Waals surface area (Å²) in [6, 6.07) is 0. The molecule has 4 aliphatic rings. The predicted octanol–water partition coefficient (Wildman–Crippen LogP) is 0.974. The van der Waals surface area contributed by atoms with Crippen molar-refractivity contribution in [1.82, 2.24) is 0 Å². The minimum Gasteiger partial charge on any atom is -0.347 e. The Kier molecular flexibility index (Phi) is 1.24. The fraction of sp³-hybridized carbons (Fsp3) is 0.909. The summed E-state index contributed by atoms with van der Waals surface area (Å²) >= 11 is 0. The van der Waals surface area contributed by atoms with Crippen molar-refractivity contribution in [3.8, 4) is 0 Å². The van der Waals surface area contributed by atoms with Gasteiger partial charge in [0.05, 0.1) is 13.2 Å². The first kappa shape index (κ1) is 7.83. The van der Waals surface area contributed by atoms with Crippen molar-refractivity contribution >= 4 is 5.78 Å². The topological polar surface area (TPSA) is 35.5 Å². The Hall–Kier alpha value is -0.410. The number of rotatable bonds is 0. The van der Waals surface area contributed by atoms with Crippen molar-refractivity contribution in [3.63, 3.8) is 0 Å². The average molecular weight is 194 g/mol. The van der Waals surface area contributed by atoms with E-state index in [0.29, 0.717) is 35.9 Å². The third-order valence-electron chi connectivity index (χ3n) is 4.79. The van der Waals surface area contributed by atoms with E-state index >= 15 is 0 Å². The van der Waals surface area contributed by atoms with E-state index in [0.717, 1.165) is 26.1 Å². The first-order valence-corrected chi connectivity index (χ1v) is 5.63. The van der Waals surface area contributed by atoms with Crippen molar-refractivity contribution < 1.29 is 14.3 Å². The zero-order chi connectivity index (χ0) is 9.34. The number of ketones is 1. The van der Waals surface area contributed by atoms with E-state index in [1.807, 2.05) is 0 Å². The van der Waals surface area contributed by atoms with Crippen LogP contribution >= 0.6 is 0 Å². The normalized spacial score (nSPS) is 52.4. The lowest BCUT2D eigenvalue weighted by molar-refractivity contribution is -0.307. The predicted molar refractivity (Wildman–Crippen MR) is 47.5 cm³/mol. The Morgan fingerprint density at radius 1 is 1.14 bits per heavy atom. The van der Waals surface area contributed by atoms with Gasteiger partial charge in [0.2, 0.25) is 0 Å². The van der Waals surface area contributed by atoms with Crippen molar-refractivity contribution in [2.24, 2.45) is 23.7 Å². The van der Waals surface area contributed by atoms with Gasteiger partial charge in [-0.2, -0.15) is 0 Å². The number of hydrogen-bond acceptors (Lipinski definition) is 3. The van der Waals surface area contributed by atoms with Gasteiger partial charge in [-0.05, 0) is 18.8 Å². The molecule has 0 aromatic heterocycles. The van der Waals surface area contributed by atoms with E-state index in [9.17, 15) is 4.79 Å². The molecule has 0 unspecified atom stereocenters. The molecule has 76 valence electrons. The highest BCUT2D eigenvalue weighted by molar-refractivity contribution is 5.85. The molecule has 0 N–H and O–H groups in total. The molecule has 0 radical (unpaired) electrons. The van der Waals surface area contributed by atoms with Crippen LogP contribution in [-0.2, 0) is 14.3 Å². The Morgan fingerprint density at radius 3 is 2.71 bits per heavy atom. The average Bonchev–Trinajstić information content (AvgIpc) is 2.80. The standard InChI is InChI=1S/C11H14O3/c12-9-5-8-10-6(9)1-2-7(10)11(8)13-3-4-14-11/h6-8,10H,1-5H2/t6-,7-,8+,10+/m0/s1. The molecule has 0 aromatic carbocycles. The Bertz CT molecular complexity index is 306. The molecule has 1 spiro atoms. The van der Waals surface area contributed by atoms with Gasteiger partial charge in [0.1, 0.15) is 5.78 Å². The molecule has 1 heterocycles. The summed E-state index contributed by atoms with van der Waals surface area (Å²) in [5.74, 6) is 2.06. The number of Topliss-reactive ketones (excluding diaryl/α,β-unsaturated/α-hetero) is 1. The van der Waals surface area contributed by atoms with Crippen LogP contribution in [0.25, 0.3) is 0 Å². The minimum atomic E-state index is -0.314. The summed E-state index contributed by atoms with van der Waals surface area (Å²) < 4.78 is 11.6. The van der Waals surface area contributed by atoms with Gasteiger partial charge in [-0.3, -0.25) is 4.79 Å². The smallest absolute Gasteiger partial charge is 0.175 e. The molecule has 4 atom stereocenters. The largest absolute Gasteiger partial charge is 0.347 e. The van der Waals surface area contributed by atoms with Crippen LogP contribution in [0.5, 0.6) is 0 Å². The van der Waals surface area contributed by atoms with E-state index in [-0.39, 0.29) is 5.79 Å². The second-order valence-electron chi connectivity index (χ2n) is 5.06. The molecule has 1 aliphatic heterocycles. The molecular weight excluding hydrogens is 180 g/mol. The summed E-state index contributed by atoms with van der Waals surface area (Å²) in [5.41, 5.74) is 0. The van der Waals surface area contributed by atoms with Crippen molar-refractivity contribution in [3.05, 3.63) is 0 Å². The highest BCUT2D eigenvalue weighted by Gasteiger charge is 2.73. The molecule has 0 aromatic rings. The maximum atomic E-state index is 11.7. The van der Waals surface area contributed by atoms with Crippen LogP contribution in [-0.4, -0.2) is 24.8 Å². The third kappa shape index (κ3) is 0.625. The van der Waals surface area contributed by atoms with Gasteiger partial charge in [0, 0.05) is 24.2 Å². The van der Waals surface area contributed by atoms with Gasteiger partial charge in [-0.1, -0.05) is 0 Å². The van der Waals surface area contributed by atoms with E-state index in [1.165, 1.54) is 0 Å². The van der Waals surface area contributed by atoms with Gasteiger partial charge in [0.25, 0.3) is 0 Å². The molecule has 4 rings (SSSR count).